The molecule has 0 radical (unpaired) electrons. The average Bonchev–Trinajstić information content (AvgIpc) is 2.84. The minimum Gasteiger partial charge on any atom is -0.492 e. The number of ether oxygens (including phenoxy) is 2. The molecule has 1 amide bonds. The van der Waals surface area contributed by atoms with Gasteiger partial charge in [-0.1, -0.05) is 24.3 Å². The average molecular weight is 468 g/mol. The van der Waals surface area contributed by atoms with Crippen molar-refractivity contribution in [2.45, 2.75) is 13.0 Å². The first kappa shape index (κ1) is 23.8. The minimum absolute atomic E-state index is 0.0670. The summed E-state index contributed by atoms with van der Waals surface area (Å²) in [5.41, 5.74) is 1.99. The van der Waals surface area contributed by atoms with E-state index in [-0.39, 0.29) is 24.7 Å². The second-order valence-corrected chi connectivity index (χ2v) is 8.07. The topological polar surface area (TPSA) is 63.7 Å². The Labute approximate surface area is 197 Å². The van der Waals surface area contributed by atoms with Crippen LogP contribution in [0.1, 0.15) is 11.3 Å². The highest BCUT2D eigenvalue weighted by Gasteiger charge is 2.12. The molecule has 0 bridgehead atoms. The maximum Gasteiger partial charge on any atom is 0.226 e. The van der Waals surface area contributed by atoms with E-state index in [4.69, 9.17) is 9.47 Å². The smallest absolute Gasteiger partial charge is 0.226 e. The Kier molecular flexibility index (Phi) is 8.17. The second-order valence-electron chi connectivity index (χ2n) is 8.07. The summed E-state index contributed by atoms with van der Waals surface area (Å²) >= 11 is 0. The van der Waals surface area contributed by atoms with Gasteiger partial charge in [0.25, 0.3) is 0 Å². The van der Waals surface area contributed by atoms with Crippen molar-refractivity contribution in [1.29, 1.82) is 0 Å². The maximum absolute atomic E-state index is 14.7. The summed E-state index contributed by atoms with van der Waals surface area (Å²) in [7, 11) is 0. The Bertz CT molecular complexity index is 1100. The maximum atomic E-state index is 14.7. The van der Waals surface area contributed by atoms with Crippen LogP contribution in [0.2, 0.25) is 0 Å². The molecule has 1 aliphatic heterocycles. The number of hydrogen-bond donors (Lipinski definition) is 1. The predicted octanol–water partition coefficient (Wildman–Crippen LogP) is 3.60. The van der Waals surface area contributed by atoms with E-state index < -0.39 is 5.82 Å². The van der Waals surface area contributed by atoms with Crippen LogP contribution in [0.4, 0.5) is 8.78 Å². The third-order valence-electron chi connectivity index (χ3n) is 5.58. The zero-order chi connectivity index (χ0) is 23.8. The van der Waals surface area contributed by atoms with Gasteiger partial charge in [-0.05, 0) is 41.5 Å². The lowest BCUT2D eigenvalue weighted by Gasteiger charge is -2.26. The quantitative estimate of drug-likeness (QED) is 0.521. The van der Waals surface area contributed by atoms with Crippen molar-refractivity contribution in [2.75, 3.05) is 39.5 Å². The predicted molar refractivity (Wildman–Crippen MR) is 124 cm³/mol. The highest BCUT2D eigenvalue weighted by atomic mass is 19.1. The summed E-state index contributed by atoms with van der Waals surface area (Å²) in [4.78, 5) is 18.7. The molecular formula is C26H27F2N3O3. The molecule has 0 saturated carbocycles. The van der Waals surface area contributed by atoms with Crippen LogP contribution in [0.5, 0.6) is 5.75 Å². The fourth-order valence-corrected chi connectivity index (χ4v) is 3.70. The molecule has 0 aliphatic carbocycles. The Morgan fingerprint density at radius 3 is 2.62 bits per heavy atom. The van der Waals surface area contributed by atoms with Crippen LogP contribution in [0.25, 0.3) is 11.1 Å². The normalized spacial score (nSPS) is 14.1. The van der Waals surface area contributed by atoms with E-state index in [2.05, 4.69) is 15.2 Å². The van der Waals surface area contributed by atoms with Gasteiger partial charge in [0.1, 0.15) is 24.0 Å². The number of morpholine rings is 1. The number of carbonyl (C=O) groups is 1. The number of carbonyl (C=O) groups excluding carboxylic acids is 1. The van der Waals surface area contributed by atoms with Gasteiger partial charge in [-0.2, -0.15) is 0 Å². The van der Waals surface area contributed by atoms with Crippen LogP contribution in [0.3, 0.4) is 0 Å². The van der Waals surface area contributed by atoms with E-state index in [0.717, 1.165) is 38.6 Å². The second kappa shape index (κ2) is 11.7. The van der Waals surface area contributed by atoms with E-state index in [1.807, 2.05) is 12.1 Å². The molecule has 0 spiro atoms. The van der Waals surface area contributed by atoms with Crippen molar-refractivity contribution in [2.24, 2.45) is 0 Å². The van der Waals surface area contributed by atoms with Gasteiger partial charge in [0, 0.05) is 37.9 Å². The molecule has 34 heavy (non-hydrogen) atoms. The lowest BCUT2D eigenvalue weighted by Crippen LogP contribution is -2.38. The van der Waals surface area contributed by atoms with Gasteiger partial charge in [-0.15, -0.1) is 0 Å². The van der Waals surface area contributed by atoms with Crippen molar-refractivity contribution >= 4 is 5.91 Å². The lowest BCUT2D eigenvalue weighted by molar-refractivity contribution is -0.120. The summed E-state index contributed by atoms with van der Waals surface area (Å²) in [5, 5.41) is 2.69. The van der Waals surface area contributed by atoms with Gasteiger partial charge in [0.2, 0.25) is 5.91 Å². The van der Waals surface area contributed by atoms with Gasteiger partial charge in [0.05, 0.1) is 25.3 Å². The summed E-state index contributed by atoms with van der Waals surface area (Å²) in [5.74, 6) is -0.415. The number of amides is 1. The summed E-state index contributed by atoms with van der Waals surface area (Å²) in [6.07, 6.45) is 1.36. The molecule has 1 aliphatic rings. The van der Waals surface area contributed by atoms with Crippen LogP contribution in [0, 0.1) is 11.6 Å². The number of nitrogens with zero attached hydrogens (tertiary/aromatic N) is 2. The number of rotatable bonds is 9. The first-order valence-electron chi connectivity index (χ1n) is 11.3. The molecule has 6 nitrogen and oxygen atoms in total. The highest BCUT2D eigenvalue weighted by molar-refractivity contribution is 5.78. The molecule has 1 N–H and O–H groups in total. The van der Waals surface area contributed by atoms with Crippen LogP contribution in [0.15, 0.2) is 60.8 Å². The summed E-state index contributed by atoms with van der Waals surface area (Å²) < 4.78 is 39.1. The lowest BCUT2D eigenvalue weighted by atomic mass is 10.1. The number of aromatic nitrogens is 1. The molecule has 3 aromatic rings. The standard InChI is InChI=1S/C26H27F2N3O3/c27-21-3-1-2-19(14-21)17-30-26(32)16-22-15-25(28)24(18-29-22)20-4-6-23(7-5-20)34-13-10-31-8-11-33-12-9-31/h1-7,14-15,18H,8-13,16-17H2,(H,30,32). The Morgan fingerprint density at radius 2 is 1.88 bits per heavy atom. The zero-order valence-corrected chi connectivity index (χ0v) is 18.8. The number of halogens is 2. The van der Waals surface area contributed by atoms with Gasteiger partial charge in [-0.3, -0.25) is 14.7 Å². The molecule has 1 aromatic heterocycles. The minimum atomic E-state index is -0.455. The molecule has 8 heteroatoms. The molecule has 1 fully saturated rings. The molecule has 4 rings (SSSR count). The monoisotopic (exact) mass is 467 g/mol. The molecule has 2 heterocycles. The largest absolute Gasteiger partial charge is 0.492 e. The van der Waals surface area contributed by atoms with Crippen molar-refractivity contribution in [3.63, 3.8) is 0 Å². The van der Waals surface area contributed by atoms with Crippen LogP contribution < -0.4 is 10.1 Å². The number of benzene rings is 2. The molecule has 0 atom stereocenters. The Hall–Kier alpha value is -3.36. The Morgan fingerprint density at radius 1 is 1.09 bits per heavy atom. The summed E-state index contributed by atoms with van der Waals surface area (Å²) in [6.45, 7) is 4.95. The van der Waals surface area contributed by atoms with E-state index in [1.54, 1.807) is 24.3 Å². The molecule has 2 aromatic carbocycles. The fourth-order valence-electron chi connectivity index (χ4n) is 3.70. The van der Waals surface area contributed by atoms with Crippen molar-refractivity contribution in [3.8, 4) is 16.9 Å². The van der Waals surface area contributed by atoms with Gasteiger partial charge in [-0.25, -0.2) is 8.78 Å². The molecule has 0 unspecified atom stereocenters. The number of nitrogens with one attached hydrogen (secondary N) is 1. The van der Waals surface area contributed by atoms with Crippen molar-refractivity contribution < 1.29 is 23.0 Å². The van der Waals surface area contributed by atoms with Crippen molar-refractivity contribution in [1.82, 2.24) is 15.2 Å². The SMILES string of the molecule is O=C(Cc1cc(F)c(-c2ccc(OCCN3CCOCC3)cc2)cn1)NCc1cccc(F)c1. The van der Waals surface area contributed by atoms with E-state index in [9.17, 15) is 13.6 Å². The van der Waals surface area contributed by atoms with E-state index >= 15 is 0 Å². The van der Waals surface area contributed by atoms with Crippen molar-refractivity contribution in [3.05, 3.63) is 83.7 Å². The number of hydrogen-bond acceptors (Lipinski definition) is 5. The van der Waals surface area contributed by atoms with Crippen LogP contribution in [-0.2, 0) is 22.5 Å². The van der Waals surface area contributed by atoms with Crippen LogP contribution >= 0.6 is 0 Å². The molecule has 1 saturated heterocycles. The summed E-state index contributed by atoms with van der Waals surface area (Å²) in [6, 6.07) is 14.5. The van der Waals surface area contributed by atoms with Crippen LogP contribution in [-0.4, -0.2) is 55.2 Å². The van der Waals surface area contributed by atoms with Gasteiger partial charge < -0.3 is 14.8 Å². The first-order chi connectivity index (χ1) is 16.6. The van der Waals surface area contributed by atoms with E-state index in [1.165, 1.54) is 24.4 Å². The fraction of sp³-hybridized carbons (Fsp3) is 0.308. The van der Waals surface area contributed by atoms with Gasteiger partial charge in [0.15, 0.2) is 0 Å². The highest BCUT2D eigenvalue weighted by Crippen LogP contribution is 2.25. The van der Waals surface area contributed by atoms with E-state index in [0.29, 0.717) is 29.0 Å². The third kappa shape index (κ3) is 6.82. The van der Waals surface area contributed by atoms with Gasteiger partial charge >= 0.3 is 0 Å². The number of pyridine rings is 1. The zero-order valence-electron chi connectivity index (χ0n) is 18.8. The third-order valence-corrected chi connectivity index (χ3v) is 5.58. The Balaban J connectivity index is 1.28. The first-order valence-corrected chi connectivity index (χ1v) is 11.3. The molecule has 178 valence electrons. The molecular weight excluding hydrogens is 440 g/mol.